The number of rotatable bonds is 4. The van der Waals surface area contributed by atoms with Crippen molar-refractivity contribution in [2.24, 2.45) is 0 Å². The van der Waals surface area contributed by atoms with Crippen LogP contribution in [0, 0.1) is 6.92 Å². The number of carbonyl (C=O) groups is 1. The quantitative estimate of drug-likeness (QED) is 0.938. The molecule has 2 heterocycles. The lowest BCUT2D eigenvalue weighted by Gasteiger charge is -2.24. The molecule has 0 spiro atoms. The highest BCUT2D eigenvalue weighted by atomic mass is 16.5. The molecule has 0 aliphatic carbocycles. The Bertz CT molecular complexity index is 690. The van der Waals surface area contributed by atoms with Crippen LogP contribution in [0.3, 0.4) is 0 Å². The maximum atomic E-state index is 12.4. The highest BCUT2D eigenvalue weighted by molar-refractivity contribution is 5.94. The van der Waals surface area contributed by atoms with Crippen LogP contribution in [0.5, 0.6) is 5.75 Å². The number of nitrogens with zero attached hydrogens (tertiary/aromatic N) is 2. The van der Waals surface area contributed by atoms with Crippen LogP contribution < -0.4 is 4.74 Å². The van der Waals surface area contributed by atoms with Gasteiger partial charge in [-0.2, -0.15) is 0 Å². The van der Waals surface area contributed by atoms with E-state index in [0.717, 1.165) is 11.3 Å². The van der Waals surface area contributed by atoms with E-state index in [1.807, 2.05) is 31.2 Å². The molecule has 1 atom stereocenters. The molecule has 1 aromatic heterocycles. The molecule has 2 aromatic rings. The van der Waals surface area contributed by atoms with E-state index in [2.05, 4.69) is 4.98 Å². The molecule has 0 saturated carbocycles. The summed E-state index contributed by atoms with van der Waals surface area (Å²) in [7, 11) is 0. The van der Waals surface area contributed by atoms with Gasteiger partial charge in [-0.3, -0.25) is 9.78 Å². The molecule has 0 bridgehead atoms. The highest BCUT2D eigenvalue weighted by Crippen LogP contribution is 2.25. The van der Waals surface area contributed by atoms with Crippen LogP contribution in [-0.4, -0.2) is 46.2 Å². The summed E-state index contributed by atoms with van der Waals surface area (Å²) < 4.78 is 5.76. The number of para-hydroxylation sites is 1. The highest BCUT2D eigenvalue weighted by Gasteiger charge is 2.39. The molecule has 3 rings (SSSR count). The second-order valence-electron chi connectivity index (χ2n) is 5.99. The number of aromatic nitrogens is 1. The Hall–Kier alpha value is -2.40. The summed E-state index contributed by atoms with van der Waals surface area (Å²) in [4.78, 5) is 18.0. The minimum absolute atomic E-state index is 0.0841. The standard InChI is InChI=1S/C18H20N2O3/c1-14-4-2-3-5-16(14)23-13-18(22)8-11-20(12-18)17(21)15-6-9-19-10-7-15/h2-7,9-10,22H,8,11-13H2,1H3/t18-/m1/s1. The third kappa shape index (κ3) is 3.51. The van der Waals surface area contributed by atoms with Crippen molar-refractivity contribution < 1.29 is 14.6 Å². The molecule has 23 heavy (non-hydrogen) atoms. The zero-order valence-electron chi connectivity index (χ0n) is 13.1. The fourth-order valence-corrected chi connectivity index (χ4v) is 2.76. The van der Waals surface area contributed by atoms with Gasteiger partial charge in [0.05, 0.1) is 6.54 Å². The number of hydrogen-bond donors (Lipinski definition) is 1. The first kappa shape index (κ1) is 15.5. The van der Waals surface area contributed by atoms with Crippen LogP contribution in [0.25, 0.3) is 0 Å². The number of β-amino-alcohol motifs (C(OH)–C–C–N with tert-alkyl or cyclic N) is 1. The number of ether oxygens (including phenoxy) is 1. The van der Waals surface area contributed by atoms with Crippen molar-refractivity contribution >= 4 is 5.91 Å². The third-order valence-corrected chi connectivity index (χ3v) is 4.14. The summed E-state index contributed by atoms with van der Waals surface area (Å²) in [5.74, 6) is 0.680. The largest absolute Gasteiger partial charge is 0.490 e. The van der Waals surface area contributed by atoms with E-state index in [1.54, 1.807) is 29.4 Å². The number of amides is 1. The fraction of sp³-hybridized carbons (Fsp3) is 0.333. The molecular formula is C18H20N2O3. The zero-order valence-corrected chi connectivity index (χ0v) is 13.1. The average Bonchev–Trinajstić information content (AvgIpc) is 2.97. The molecule has 5 nitrogen and oxygen atoms in total. The predicted molar refractivity (Wildman–Crippen MR) is 86.4 cm³/mol. The lowest BCUT2D eigenvalue weighted by Crippen LogP contribution is -2.40. The van der Waals surface area contributed by atoms with Gasteiger partial charge >= 0.3 is 0 Å². The van der Waals surface area contributed by atoms with Crippen LogP contribution in [-0.2, 0) is 0 Å². The lowest BCUT2D eigenvalue weighted by molar-refractivity contribution is 0.00413. The summed E-state index contributed by atoms with van der Waals surface area (Å²) in [5.41, 5.74) is 0.605. The van der Waals surface area contributed by atoms with Crippen LogP contribution in [0.2, 0.25) is 0 Å². The summed E-state index contributed by atoms with van der Waals surface area (Å²) in [5, 5.41) is 10.7. The maximum absolute atomic E-state index is 12.4. The van der Waals surface area contributed by atoms with E-state index in [9.17, 15) is 9.90 Å². The number of benzene rings is 1. The Morgan fingerprint density at radius 1 is 1.30 bits per heavy atom. The first-order chi connectivity index (χ1) is 11.1. The molecule has 1 aliphatic heterocycles. The third-order valence-electron chi connectivity index (χ3n) is 4.14. The van der Waals surface area contributed by atoms with Crippen molar-refractivity contribution in [2.45, 2.75) is 18.9 Å². The van der Waals surface area contributed by atoms with Crippen molar-refractivity contribution in [3.63, 3.8) is 0 Å². The SMILES string of the molecule is Cc1ccccc1OC[C@@]1(O)CCN(C(=O)c2ccncc2)C1. The zero-order chi connectivity index (χ0) is 16.3. The Balaban J connectivity index is 1.62. The molecule has 0 radical (unpaired) electrons. The topological polar surface area (TPSA) is 62.7 Å². The second-order valence-corrected chi connectivity index (χ2v) is 5.99. The van der Waals surface area contributed by atoms with Gasteiger partial charge < -0.3 is 14.7 Å². The first-order valence-corrected chi connectivity index (χ1v) is 7.68. The van der Waals surface area contributed by atoms with Gasteiger partial charge in [0.15, 0.2) is 0 Å². The van der Waals surface area contributed by atoms with Crippen molar-refractivity contribution in [1.29, 1.82) is 0 Å². The minimum Gasteiger partial charge on any atom is -0.490 e. The number of aliphatic hydroxyl groups is 1. The van der Waals surface area contributed by atoms with Gasteiger partial charge in [0, 0.05) is 24.5 Å². The maximum Gasteiger partial charge on any atom is 0.254 e. The van der Waals surface area contributed by atoms with Gasteiger partial charge in [0.25, 0.3) is 5.91 Å². The van der Waals surface area contributed by atoms with Gasteiger partial charge in [-0.1, -0.05) is 18.2 Å². The van der Waals surface area contributed by atoms with Gasteiger partial charge in [-0.05, 0) is 37.1 Å². The van der Waals surface area contributed by atoms with E-state index < -0.39 is 5.60 Å². The number of aryl methyl sites for hydroxylation is 1. The molecular weight excluding hydrogens is 292 g/mol. The second kappa shape index (κ2) is 6.38. The molecule has 1 saturated heterocycles. The van der Waals surface area contributed by atoms with Crippen molar-refractivity contribution in [2.75, 3.05) is 19.7 Å². The number of likely N-dealkylation sites (tertiary alicyclic amines) is 1. The van der Waals surface area contributed by atoms with Crippen LogP contribution in [0.4, 0.5) is 0 Å². The van der Waals surface area contributed by atoms with Gasteiger partial charge in [-0.15, -0.1) is 0 Å². The van der Waals surface area contributed by atoms with E-state index in [1.165, 1.54) is 0 Å². The molecule has 5 heteroatoms. The Morgan fingerprint density at radius 3 is 2.78 bits per heavy atom. The smallest absolute Gasteiger partial charge is 0.254 e. The monoisotopic (exact) mass is 312 g/mol. The minimum atomic E-state index is -1.01. The normalized spacial score (nSPS) is 20.5. The molecule has 1 N–H and O–H groups in total. The molecule has 1 fully saturated rings. The molecule has 120 valence electrons. The number of pyridine rings is 1. The van der Waals surface area contributed by atoms with Crippen LogP contribution >= 0.6 is 0 Å². The van der Waals surface area contributed by atoms with Gasteiger partial charge in [-0.25, -0.2) is 0 Å². The first-order valence-electron chi connectivity index (χ1n) is 7.68. The molecule has 1 aromatic carbocycles. The summed E-state index contributed by atoms with van der Waals surface area (Å²) in [6, 6.07) is 11.1. The van der Waals surface area contributed by atoms with Crippen LogP contribution in [0.15, 0.2) is 48.8 Å². The van der Waals surface area contributed by atoms with E-state index in [-0.39, 0.29) is 19.1 Å². The van der Waals surface area contributed by atoms with Gasteiger partial charge in [0.2, 0.25) is 0 Å². The van der Waals surface area contributed by atoms with E-state index in [4.69, 9.17) is 4.74 Å². The van der Waals surface area contributed by atoms with Crippen molar-refractivity contribution in [3.05, 3.63) is 59.9 Å². The summed E-state index contributed by atoms with van der Waals surface area (Å²) >= 11 is 0. The average molecular weight is 312 g/mol. The summed E-state index contributed by atoms with van der Waals surface area (Å²) in [6.07, 6.45) is 3.70. The van der Waals surface area contributed by atoms with E-state index in [0.29, 0.717) is 18.5 Å². The number of hydrogen-bond acceptors (Lipinski definition) is 4. The Labute approximate surface area is 135 Å². The number of carbonyl (C=O) groups excluding carboxylic acids is 1. The van der Waals surface area contributed by atoms with Crippen LogP contribution in [0.1, 0.15) is 22.3 Å². The fourth-order valence-electron chi connectivity index (χ4n) is 2.76. The predicted octanol–water partition coefficient (Wildman–Crippen LogP) is 2.05. The molecule has 0 unspecified atom stereocenters. The van der Waals surface area contributed by atoms with Gasteiger partial charge in [0.1, 0.15) is 18.0 Å². The van der Waals surface area contributed by atoms with Crippen molar-refractivity contribution in [1.82, 2.24) is 9.88 Å². The van der Waals surface area contributed by atoms with E-state index >= 15 is 0 Å². The molecule has 1 amide bonds. The Kier molecular flexibility index (Phi) is 4.30. The Morgan fingerprint density at radius 2 is 2.04 bits per heavy atom. The lowest BCUT2D eigenvalue weighted by atomic mass is 10.1. The summed E-state index contributed by atoms with van der Waals surface area (Å²) in [6.45, 7) is 2.94. The molecule has 1 aliphatic rings. The van der Waals surface area contributed by atoms with Crippen molar-refractivity contribution in [3.8, 4) is 5.75 Å².